The number of aromatic hydroxyl groups is 2. The summed E-state index contributed by atoms with van der Waals surface area (Å²) in [6.07, 6.45) is 2.16. The van der Waals surface area contributed by atoms with E-state index in [4.69, 9.17) is 15.2 Å². The summed E-state index contributed by atoms with van der Waals surface area (Å²) < 4.78 is 10.4. The fourth-order valence-corrected chi connectivity index (χ4v) is 2.23. The Morgan fingerprint density at radius 1 is 1.20 bits per heavy atom. The summed E-state index contributed by atoms with van der Waals surface area (Å²) in [6.45, 7) is 5.50. The maximum Gasteiger partial charge on any atom is 0.366 e. The molecule has 0 radical (unpaired) electrons. The van der Waals surface area contributed by atoms with Crippen LogP contribution in [0.4, 0.5) is 0 Å². The second kappa shape index (κ2) is 9.27. The monoisotopic (exact) mass is 353 g/mol. The SMILES string of the molecule is CCCCC(=O)O[C@@](N)(C(=O)OCCC)C(C)c1ccc(O)c(O)c1. The van der Waals surface area contributed by atoms with E-state index < -0.39 is 23.6 Å². The average molecular weight is 353 g/mol. The summed E-state index contributed by atoms with van der Waals surface area (Å²) in [5.41, 5.74) is 4.56. The number of hydrogen-bond acceptors (Lipinski definition) is 7. The lowest BCUT2D eigenvalue weighted by Gasteiger charge is -2.32. The van der Waals surface area contributed by atoms with E-state index in [0.717, 1.165) is 6.42 Å². The fourth-order valence-electron chi connectivity index (χ4n) is 2.23. The molecule has 1 aromatic rings. The van der Waals surface area contributed by atoms with Crippen LogP contribution in [0.25, 0.3) is 0 Å². The molecule has 4 N–H and O–H groups in total. The number of hydrogen-bond donors (Lipinski definition) is 3. The smallest absolute Gasteiger partial charge is 0.366 e. The zero-order valence-electron chi connectivity index (χ0n) is 14.9. The van der Waals surface area contributed by atoms with Gasteiger partial charge >= 0.3 is 11.9 Å². The fraction of sp³-hybridized carbons (Fsp3) is 0.556. The molecular weight excluding hydrogens is 326 g/mol. The van der Waals surface area contributed by atoms with Gasteiger partial charge in [0.1, 0.15) is 0 Å². The van der Waals surface area contributed by atoms with Crippen molar-refractivity contribution >= 4 is 11.9 Å². The normalized spacial score (nSPS) is 14.4. The van der Waals surface area contributed by atoms with Crippen molar-refractivity contribution in [3.63, 3.8) is 0 Å². The molecule has 1 aromatic carbocycles. The topological polar surface area (TPSA) is 119 Å². The lowest BCUT2D eigenvalue weighted by atomic mass is 9.90. The van der Waals surface area contributed by atoms with Gasteiger partial charge in [-0.25, -0.2) is 4.79 Å². The molecular formula is C18H27NO6. The van der Waals surface area contributed by atoms with Gasteiger partial charge in [0.25, 0.3) is 5.72 Å². The van der Waals surface area contributed by atoms with E-state index in [-0.39, 0.29) is 24.5 Å². The third-order valence-corrected chi connectivity index (χ3v) is 3.92. The molecule has 0 saturated carbocycles. The summed E-state index contributed by atoms with van der Waals surface area (Å²) in [7, 11) is 0. The summed E-state index contributed by atoms with van der Waals surface area (Å²) >= 11 is 0. The molecule has 0 heterocycles. The maximum absolute atomic E-state index is 12.5. The van der Waals surface area contributed by atoms with Crippen LogP contribution in [0.5, 0.6) is 11.5 Å². The third-order valence-electron chi connectivity index (χ3n) is 3.92. The van der Waals surface area contributed by atoms with Gasteiger partial charge in [0, 0.05) is 12.3 Å². The van der Waals surface area contributed by atoms with Gasteiger partial charge in [-0.2, -0.15) is 0 Å². The van der Waals surface area contributed by atoms with E-state index in [1.807, 2.05) is 13.8 Å². The van der Waals surface area contributed by atoms with E-state index in [0.29, 0.717) is 18.4 Å². The molecule has 7 nitrogen and oxygen atoms in total. The first-order valence-electron chi connectivity index (χ1n) is 8.46. The zero-order valence-corrected chi connectivity index (χ0v) is 14.9. The molecule has 0 aliphatic carbocycles. The highest BCUT2D eigenvalue weighted by molar-refractivity contribution is 5.84. The Balaban J connectivity index is 3.12. The molecule has 0 aromatic heterocycles. The highest BCUT2D eigenvalue weighted by atomic mass is 16.6. The van der Waals surface area contributed by atoms with Gasteiger partial charge in [-0.05, 0) is 30.5 Å². The lowest BCUT2D eigenvalue weighted by Crippen LogP contribution is -2.56. The van der Waals surface area contributed by atoms with Crippen LogP contribution in [0.15, 0.2) is 18.2 Å². The molecule has 0 amide bonds. The van der Waals surface area contributed by atoms with Crippen LogP contribution in [0.2, 0.25) is 0 Å². The predicted molar refractivity (Wildman–Crippen MR) is 92.0 cm³/mol. The number of carbonyl (C=O) groups is 2. The molecule has 25 heavy (non-hydrogen) atoms. The Labute approximate surface area is 147 Å². The van der Waals surface area contributed by atoms with Crippen molar-refractivity contribution in [1.29, 1.82) is 0 Å². The summed E-state index contributed by atoms with van der Waals surface area (Å²) in [4.78, 5) is 24.5. The minimum atomic E-state index is -2.02. The molecule has 0 bridgehead atoms. The standard InChI is InChI=1S/C18H27NO6/c1-4-6-7-16(22)25-18(19,17(23)24-10-5-2)12(3)13-8-9-14(20)15(21)11-13/h8-9,11-12,20-21H,4-7,10,19H2,1-3H3/t12?,18-/m1/s1. The van der Waals surface area contributed by atoms with Crippen molar-refractivity contribution in [3.05, 3.63) is 23.8 Å². The second-order valence-corrected chi connectivity index (χ2v) is 5.98. The third kappa shape index (κ3) is 5.35. The van der Waals surface area contributed by atoms with E-state index >= 15 is 0 Å². The maximum atomic E-state index is 12.5. The van der Waals surface area contributed by atoms with Crippen LogP contribution in [0.1, 0.15) is 57.9 Å². The molecule has 0 spiro atoms. The molecule has 1 unspecified atom stereocenters. The Hall–Kier alpha value is -2.28. The average Bonchev–Trinajstić information content (AvgIpc) is 2.59. The number of nitrogens with two attached hydrogens (primary N) is 1. The van der Waals surface area contributed by atoms with Crippen molar-refractivity contribution in [2.45, 2.75) is 58.1 Å². The van der Waals surface area contributed by atoms with Gasteiger partial charge < -0.3 is 19.7 Å². The first-order valence-corrected chi connectivity index (χ1v) is 8.46. The summed E-state index contributed by atoms with van der Waals surface area (Å²) in [5, 5.41) is 19.1. The summed E-state index contributed by atoms with van der Waals surface area (Å²) in [6, 6.07) is 4.04. The highest BCUT2D eigenvalue weighted by Crippen LogP contribution is 2.34. The van der Waals surface area contributed by atoms with E-state index in [9.17, 15) is 19.8 Å². The molecule has 0 saturated heterocycles. The number of esters is 2. The van der Waals surface area contributed by atoms with Gasteiger partial charge in [0.15, 0.2) is 11.5 Å². The van der Waals surface area contributed by atoms with Gasteiger partial charge in [-0.1, -0.05) is 33.3 Å². The Kier molecular flexibility index (Phi) is 7.70. The van der Waals surface area contributed by atoms with Crippen molar-refractivity contribution in [2.24, 2.45) is 5.73 Å². The molecule has 0 aliphatic heterocycles. The molecule has 1 rings (SSSR count). The largest absolute Gasteiger partial charge is 0.504 e. The number of benzene rings is 1. The minimum Gasteiger partial charge on any atom is -0.504 e. The molecule has 2 atom stereocenters. The van der Waals surface area contributed by atoms with Crippen molar-refractivity contribution < 1.29 is 29.3 Å². The van der Waals surface area contributed by atoms with E-state index in [1.165, 1.54) is 18.2 Å². The number of ether oxygens (including phenoxy) is 2. The van der Waals surface area contributed by atoms with Crippen LogP contribution >= 0.6 is 0 Å². The van der Waals surface area contributed by atoms with Gasteiger partial charge in [-0.3, -0.25) is 10.5 Å². The Morgan fingerprint density at radius 3 is 2.44 bits per heavy atom. The second-order valence-electron chi connectivity index (χ2n) is 5.98. The number of phenolic OH excluding ortho intramolecular Hbond substituents is 2. The van der Waals surface area contributed by atoms with Crippen molar-refractivity contribution in [2.75, 3.05) is 6.61 Å². The molecule has 0 aliphatic rings. The van der Waals surface area contributed by atoms with Crippen LogP contribution in [-0.2, 0) is 19.1 Å². The molecule has 140 valence electrons. The summed E-state index contributed by atoms with van der Waals surface area (Å²) in [5.74, 6) is -2.89. The lowest BCUT2D eigenvalue weighted by molar-refractivity contribution is -0.185. The van der Waals surface area contributed by atoms with E-state index in [1.54, 1.807) is 6.92 Å². The van der Waals surface area contributed by atoms with Crippen molar-refractivity contribution in [1.82, 2.24) is 0 Å². The van der Waals surface area contributed by atoms with Crippen LogP contribution in [-0.4, -0.2) is 34.5 Å². The predicted octanol–water partition coefficient (Wildman–Crippen LogP) is 2.54. The highest BCUT2D eigenvalue weighted by Gasteiger charge is 2.46. The number of unbranched alkanes of at least 4 members (excludes halogenated alkanes) is 1. The first kappa shape index (κ1) is 20.8. The van der Waals surface area contributed by atoms with Crippen LogP contribution < -0.4 is 5.73 Å². The quantitative estimate of drug-likeness (QED) is 0.354. The van der Waals surface area contributed by atoms with Gasteiger partial charge in [0.05, 0.1) is 6.61 Å². The first-order chi connectivity index (χ1) is 11.8. The molecule has 0 fully saturated rings. The zero-order chi connectivity index (χ0) is 19.0. The molecule has 7 heteroatoms. The van der Waals surface area contributed by atoms with Crippen LogP contribution in [0, 0.1) is 0 Å². The number of rotatable bonds is 9. The van der Waals surface area contributed by atoms with Crippen molar-refractivity contribution in [3.8, 4) is 11.5 Å². The Bertz CT molecular complexity index is 603. The van der Waals surface area contributed by atoms with Gasteiger partial charge in [0.2, 0.25) is 0 Å². The van der Waals surface area contributed by atoms with E-state index in [2.05, 4.69) is 0 Å². The van der Waals surface area contributed by atoms with Gasteiger partial charge in [-0.15, -0.1) is 0 Å². The number of carbonyl (C=O) groups excluding carboxylic acids is 2. The minimum absolute atomic E-state index is 0.143. The van der Waals surface area contributed by atoms with Crippen LogP contribution in [0.3, 0.4) is 0 Å². The Morgan fingerprint density at radius 2 is 1.88 bits per heavy atom. The number of phenols is 2.